The lowest BCUT2D eigenvalue weighted by atomic mass is 10.2. The van der Waals surface area contributed by atoms with Gasteiger partial charge in [-0.1, -0.05) is 11.6 Å². The quantitative estimate of drug-likeness (QED) is 0.859. The van der Waals surface area contributed by atoms with Crippen LogP contribution in [0.2, 0.25) is 5.02 Å². The zero-order valence-electron chi connectivity index (χ0n) is 10.2. The number of aromatic nitrogens is 2. The van der Waals surface area contributed by atoms with Crippen molar-refractivity contribution in [2.45, 2.75) is 19.4 Å². The van der Waals surface area contributed by atoms with Crippen LogP contribution in [0.3, 0.4) is 0 Å². The molecule has 0 saturated heterocycles. The fourth-order valence-electron chi connectivity index (χ4n) is 1.80. The van der Waals surface area contributed by atoms with Gasteiger partial charge in [0.15, 0.2) is 5.69 Å². The molecule has 0 radical (unpaired) electrons. The smallest absolute Gasteiger partial charge is 0.358 e. The summed E-state index contributed by atoms with van der Waals surface area (Å²) in [6, 6.07) is 3.38. The van der Waals surface area contributed by atoms with Gasteiger partial charge in [-0.15, -0.1) is 0 Å². The van der Waals surface area contributed by atoms with Crippen molar-refractivity contribution in [3.63, 3.8) is 0 Å². The van der Waals surface area contributed by atoms with Crippen molar-refractivity contribution < 1.29 is 9.53 Å². The van der Waals surface area contributed by atoms with Crippen molar-refractivity contribution in [2.24, 2.45) is 5.73 Å². The summed E-state index contributed by atoms with van der Waals surface area (Å²) < 4.78 is 6.52. The van der Waals surface area contributed by atoms with Gasteiger partial charge in [0.25, 0.3) is 0 Å². The largest absolute Gasteiger partial charge is 0.464 e. The van der Waals surface area contributed by atoms with Crippen LogP contribution in [0.1, 0.15) is 23.2 Å². The van der Waals surface area contributed by atoms with Gasteiger partial charge in [-0.05, 0) is 19.1 Å². The number of pyridine rings is 1. The molecular weight excluding hydrogens is 254 g/mol. The normalized spacial score (nSPS) is 12.7. The maximum Gasteiger partial charge on any atom is 0.358 e. The maximum absolute atomic E-state index is 11.7. The molecule has 2 N–H and O–H groups in total. The van der Waals surface area contributed by atoms with Gasteiger partial charge in [0.1, 0.15) is 5.82 Å². The third-order valence-electron chi connectivity index (χ3n) is 2.56. The highest BCUT2D eigenvalue weighted by Gasteiger charge is 2.18. The Morgan fingerprint density at radius 1 is 1.67 bits per heavy atom. The number of nitrogens with two attached hydrogens (primary N) is 1. The van der Waals surface area contributed by atoms with Gasteiger partial charge in [-0.25, -0.2) is 9.78 Å². The monoisotopic (exact) mass is 267 g/mol. The van der Waals surface area contributed by atoms with Crippen molar-refractivity contribution in [2.75, 3.05) is 7.11 Å². The first-order chi connectivity index (χ1) is 8.52. The van der Waals surface area contributed by atoms with E-state index >= 15 is 0 Å². The summed E-state index contributed by atoms with van der Waals surface area (Å²) in [7, 11) is 1.32. The second-order valence-electron chi connectivity index (χ2n) is 4.15. The summed E-state index contributed by atoms with van der Waals surface area (Å²) in [4.78, 5) is 16.0. The van der Waals surface area contributed by atoms with Crippen molar-refractivity contribution in [3.05, 3.63) is 34.9 Å². The van der Waals surface area contributed by atoms with Crippen molar-refractivity contribution in [1.82, 2.24) is 9.38 Å². The van der Waals surface area contributed by atoms with Crippen LogP contribution >= 0.6 is 11.6 Å². The molecule has 0 bridgehead atoms. The van der Waals surface area contributed by atoms with Gasteiger partial charge < -0.3 is 14.9 Å². The second kappa shape index (κ2) is 4.96. The summed E-state index contributed by atoms with van der Waals surface area (Å²) in [5, 5.41) is 0.542. The van der Waals surface area contributed by atoms with Crippen LogP contribution < -0.4 is 5.73 Å². The molecular formula is C12H14ClN3O2. The van der Waals surface area contributed by atoms with Crippen LogP contribution in [0.15, 0.2) is 18.3 Å². The minimum atomic E-state index is -0.481. The fraction of sp³-hybridized carbons (Fsp3) is 0.333. The zero-order valence-corrected chi connectivity index (χ0v) is 10.9. The van der Waals surface area contributed by atoms with Crippen LogP contribution in [0.4, 0.5) is 0 Å². The van der Waals surface area contributed by atoms with E-state index in [9.17, 15) is 4.79 Å². The molecule has 0 spiro atoms. The Labute approximate surface area is 110 Å². The summed E-state index contributed by atoms with van der Waals surface area (Å²) >= 11 is 5.94. The predicted octanol–water partition coefficient (Wildman–Crippen LogP) is 1.66. The third-order valence-corrected chi connectivity index (χ3v) is 2.80. The Kier molecular flexibility index (Phi) is 3.54. The van der Waals surface area contributed by atoms with Crippen LogP contribution in [0.5, 0.6) is 0 Å². The van der Waals surface area contributed by atoms with E-state index < -0.39 is 5.97 Å². The molecule has 0 aliphatic rings. The second-order valence-corrected chi connectivity index (χ2v) is 4.59. The Morgan fingerprint density at radius 2 is 2.39 bits per heavy atom. The highest BCUT2D eigenvalue weighted by molar-refractivity contribution is 6.31. The first kappa shape index (κ1) is 12.9. The lowest BCUT2D eigenvalue weighted by Gasteiger charge is -2.03. The standard InChI is InChI=1S/C12H14ClN3O2/c1-7(14)5-10-15-11(12(17)18-2)9-6-8(13)3-4-16(9)10/h3-4,6-7H,5,14H2,1-2H3. The number of carbonyl (C=O) groups is 1. The first-order valence-corrected chi connectivity index (χ1v) is 5.91. The average molecular weight is 268 g/mol. The van der Waals surface area contributed by atoms with E-state index in [0.717, 1.165) is 5.82 Å². The SMILES string of the molecule is COC(=O)c1nc(CC(C)N)n2ccc(Cl)cc12. The Bertz CT molecular complexity index is 592. The van der Waals surface area contributed by atoms with E-state index in [-0.39, 0.29) is 11.7 Å². The van der Waals surface area contributed by atoms with Crippen LogP contribution in [0, 0.1) is 0 Å². The van der Waals surface area contributed by atoms with E-state index in [4.69, 9.17) is 22.1 Å². The molecule has 0 fully saturated rings. The van der Waals surface area contributed by atoms with E-state index in [1.54, 1.807) is 18.3 Å². The van der Waals surface area contributed by atoms with Crippen molar-refractivity contribution in [1.29, 1.82) is 0 Å². The molecule has 1 atom stereocenters. The molecule has 0 aliphatic heterocycles. The fourth-order valence-corrected chi connectivity index (χ4v) is 1.96. The van der Waals surface area contributed by atoms with Crippen LogP contribution in [-0.4, -0.2) is 28.5 Å². The number of imidazole rings is 1. The molecule has 2 heterocycles. The molecule has 6 heteroatoms. The molecule has 2 rings (SSSR count). The number of ether oxygens (including phenoxy) is 1. The minimum absolute atomic E-state index is 0.0447. The van der Waals surface area contributed by atoms with Crippen molar-refractivity contribution in [3.8, 4) is 0 Å². The van der Waals surface area contributed by atoms with Gasteiger partial charge in [-0.3, -0.25) is 0 Å². The van der Waals surface area contributed by atoms with Crippen LogP contribution in [-0.2, 0) is 11.2 Å². The topological polar surface area (TPSA) is 69.6 Å². The first-order valence-electron chi connectivity index (χ1n) is 5.53. The average Bonchev–Trinajstić information content (AvgIpc) is 2.65. The van der Waals surface area contributed by atoms with E-state index in [2.05, 4.69) is 4.98 Å². The number of carbonyl (C=O) groups excluding carboxylic acids is 1. The molecule has 1 unspecified atom stereocenters. The molecule has 18 heavy (non-hydrogen) atoms. The summed E-state index contributed by atoms with van der Waals surface area (Å²) in [6.45, 7) is 1.88. The minimum Gasteiger partial charge on any atom is -0.464 e. The Balaban J connectivity index is 2.63. The third kappa shape index (κ3) is 2.32. The maximum atomic E-state index is 11.7. The van der Waals surface area contributed by atoms with Crippen molar-refractivity contribution >= 4 is 23.1 Å². The lowest BCUT2D eigenvalue weighted by Crippen LogP contribution is -2.19. The number of fused-ring (bicyclic) bond motifs is 1. The number of esters is 1. The lowest BCUT2D eigenvalue weighted by molar-refractivity contribution is 0.0597. The van der Waals surface area contributed by atoms with Crippen LogP contribution in [0.25, 0.3) is 5.52 Å². The Morgan fingerprint density at radius 3 is 3.00 bits per heavy atom. The van der Waals surface area contributed by atoms with Gasteiger partial charge >= 0.3 is 5.97 Å². The number of hydrogen-bond donors (Lipinski definition) is 1. The number of methoxy groups -OCH3 is 1. The molecule has 2 aromatic rings. The zero-order chi connectivity index (χ0) is 13.3. The molecule has 0 aromatic carbocycles. The summed E-state index contributed by atoms with van der Waals surface area (Å²) in [5.41, 5.74) is 6.66. The summed E-state index contributed by atoms with van der Waals surface area (Å²) in [6.07, 6.45) is 2.34. The highest BCUT2D eigenvalue weighted by atomic mass is 35.5. The molecule has 0 aliphatic carbocycles. The van der Waals surface area contributed by atoms with E-state index in [0.29, 0.717) is 17.0 Å². The predicted molar refractivity (Wildman–Crippen MR) is 68.9 cm³/mol. The number of rotatable bonds is 3. The summed E-state index contributed by atoms with van der Waals surface area (Å²) in [5.74, 6) is 0.239. The molecule has 96 valence electrons. The van der Waals surface area contributed by atoms with E-state index in [1.807, 2.05) is 11.3 Å². The van der Waals surface area contributed by atoms with Gasteiger partial charge in [-0.2, -0.15) is 0 Å². The number of hydrogen-bond acceptors (Lipinski definition) is 4. The number of nitrogens with zero attached hydrogens (tertiary/aromatic N) is 2. The van der Waals surface area contributed by atoms with E-state index in [1.165, 1.54) is 7.11 Å². The molecule has 5 nitrogen and oxygen atoms in total. The number of halogens is 1. The van der Waals surface area contributed by atoms with Gasteiger partial charge in [0, 0.05) is 23.7 Å². The molecule has 0 amide bonds. The van der Waals surface area contributed by atoms with Gasteiger partial charge in [0.2, 0.25) is 0 Å². The highest BCUT2D eigenvalue weighted by Crippen LogP contribution is 2.19. The molecule has 0 saturated carbocycles. The molecule has 2 aromatic heterocycles. The Hall–Kier alpha value is -1.59. The van der Waals surface area contributed by atoms with Gasteiger partial charge in [0.05, 0.1) is 12.6 Å².